The van der Waals surface area contributed by atoms with Crippen molar-refractivity contribution in [1.82, 2.24) is 5.32 Å². The quantitative estimate of drug-likeness (QED) is 0.139. The molecule has 0 spiro atoms. The van der Waals surface area contributed by atoms with Crippen molar-refractivity contribution in [2.45, 2.75) is 126 Å². The summed E-state index contributed by atoms with van der Waals surface area (Å²) in [4.78, 5) is 25.6. The van der Waals surface area contributed by atoms with Crippen LogP contribution in [0.1, 0.15) is 60.3 Å². The maximum absolute atomic E-state index is 13.4. The fourth-order valence-corrected chi connectivity index (χ4v) is 7.51. The molecule has 2 bridgehead atoms. The normalized spacial score (nSPS) is 46.5. The number of aliphatic hydroxyl groups is 1. The molecule has 4 fully saturated rings. The molecule has 1 aliphatic carbocycles. The van der Waals surface area contributed by atoms with Crippen molar-refractivity contribution in [3.05, 3.63) is 36.0 Å². The minimum absolute atomic E-state index is 0.0338. The van der Waals surface area contributed by atoms with E-state index in [1.807, 2.05) is 33.8 Å². The standard InChI is InChI=1S/C35H48ClNO10/c1-19-14-24(13-11-9-8-10-12-23-16-25(23)36)44-28(38)18-35(40)17-27(21(3)29(46-35)20(2)26(15-19)41-6)45-32-31(42-7)34(5)30(22(4)43-32)37-33(39)47-34/h8-9,11,13,15,20-27,29-32,40H,14,16-18H2,1-7H3,(H,37,39)/b9-8+,13-11+,19-15+/t20-,21-,22+,23?,24+,25?,26-,27+,29+,30-,31+,32+,34-,35+/m1/s1. The van der Waals surface area contributed by atoms with Gasteiger partial charge in [-0.25, -0.2) is 4.79 Å². The molecule has 47 heavy (non-hydrogen) atoms. The van der Waals surface area contributed by atoms with E-state index in [4.69, 9.17) is 44.8 Å². The zero-order valence-corrected chi connectivity index (χ0v) is 28.9. The predicted octanol–water partition coefficient (Wildman–Crippen LogP) is 4.16. The molecule has 260 valence electrons. The number of nitrogens with one attached hydrogen (secondary N) is 1. The van der Waals surface area contributed by atoms with Gasteiger partial charge in [0.2, 0.25) is 0 Å². The topological polar surface area (TPSA) is 131 Å². The average Bonchev–Trinajstić information content (AvgIpc) is 3.60. The summed E-state index contributed by atoms with van der Waals surface area (Å²) in [7, 11) is 3.14. The van der Waals surface area contributed by atoms with E-state index < -0.39 is 72.7 Å². The highest BCUT2D eigenvalue weighted by Crippen LogP contribution is 2.44. The Morgan fingerprint density at radius 1 is 1.15 bits per heavy atom. The SMILES string of the molecule is CO[C@@H]1/C=C(\C)C[C@H](/C=C/C=C/C#CC2CC2Cl)OC(=O)C[C@]2(O)C[C@H](O[C@@H]3O[C@@H](C)[C@H]4NC(=O)O[C@@]4(C)[C@H]3OC)[C@@H](C)[C@@H](O2)[C@@H]1C. The lowest BCUT2D eigenvalue weighted by molar-refractivity contribution is -0.348. The first kappa shape index (κ1) is 35.9. The van der Waals surface area contributed by atoms with Crippen LogP contribution in [-0.4, -0.2) is 97.1 Å². The fourth-order valence-electron chi connectivity index (χ4n) is 7.26. The highest BCUT2D eigenvalue weighted by atomic mass is 35.5. The summed E-state index contributed by atoms with van der Waals surface area (Å²) < 4.78 is 42.5. The van der Waals surface area contributed by atoms with Crippen LogP contribution in [0.25, 0.3) is 0 Å². The lowest BCUT2D eigenvalue weighted by Crippen LogP contribution is -2.67. The smallest absolute Gasteiger partial charge is 0.408 e. The van der Waals surface area contributed by atoms with Gasteiger partial charge in [0.1, 0.15) is 18.2 Å². The second-order valence-electron chi connectivity index (χ2n) is 13.7. The summed E-state index contributed by atoms with van der Waals surface area (Å²) in [6, 6.07) is -0.443. The van der Waals surface area contributed by atoms with Gasteiger partial charge in [-0.15, -0.1) is 11.6 Å². The Morgan fingerprint density at radius 2 is 1.89 bits per heavy atom. The number of fused-ring (bicyclic) bond motifs is 3. The van der Waals surface area contributed by atoms with E-state index in [0.717, 1.165) is 12.0 Å². The molecule has 1 saturated carbocycles. The number of allylic oxidation sites excluding steroid dienone is 3. The first-order chi connectivity index (χ1) is 22.3. The molecule has 14 atom stereocenters. The molecule has 4 heterocycles. The van der Waals surface area contributed by atoms with E-state index in [-0.39, 0.29) is 35.7 Å². The first-order valence-corrected chi connectivity index (χ1v) is 16.8. The number of ether oxygens (including phenoxy) is 7. The molecular weight excluding hydrogens is 630 g/mol. The molecule has 12 heteroatoms. The Balaban J connectivity index is 1.37. The van der Waals surface area contributed by atoms with Crippen LogP contribution in [0.15, 0.2) is 36.0 Å². The molecule has 2 N–H and O–H groups in total. The van der Waals surface area contributed by atoms with Crippen LogP contribution in [0.4, 0.5) is 4.79 Å². The third-order valence-corrected chi connectivity index (χ3v) is 10.4. The van der Waals surface area contributed by atoms with Gasteiger partial charge in [-0.05, 0) is 39.3 Å². The van der Waals surface area contributed by atoms with Gasteiger partial charge < -0.3 is 43.6 Å². The van der Waals surface area contributed by atoms with Gasteiger partial charge in [0, 0.05) is 50.2 Å². The van der Waals surface area contributed by atoms with Crippen molar-refractivity contribution in [3.8, 4) is 11.8 Å². The molecule has 5 rings (SSSR count). The molecule has 11 nitrogen and oxygen atoms in total. The summed E-state index contributed by atoms with van der Waals surface area (Å²) >= 11 is 6.01. The molecular formula is C35H48ClNO10. The zero-order chi connectivity index (χ0) is 34.1. The number of esters is 1. The molecule has 0 aromatic rings. The van der Waals surface area contributed by atoms with Crippen molar-refractivity contribution >= 4 is 23.7 Å². The van der Waals surface area contributed by atoms with Crippen molar-refractivity contribution in [2.75, 3.05) is 14.2 Å². The number of methoxy groups -OCH3 is 2. The van der Waals surface area contributed by atoms with E-state index in [9.17, 15) is 14.7 Å². The number of amides is 1. The Morgan fingerprint density at radius 3 is 2.57 bits per heavy atom. The van der Waals surface area contributed by atoms with Crippen LogP contribution < -0.4 is 5.32 Å². The van der Waals surface area contributed by atoms with E-state index in [0.29, 0.717) is 6.42 Å². The summed E-state index contributed by atoms with van der Waals surface area (Å²) in [5, 5.41) is 14.8. The van der Waals surface area contributed by atoms with Gasteiger partial charge in [-0.2, -0.15) is 0 Å². The van der Waals surface area contributed by atoms with E-state index in [1.54, 1.807) is 38.3 Å². The zero-order valence-electron chi connectivity index (χ0n) is 28.1. The molecule has 0 radical (unpaired) electrons. The Labute approximate surface area is 282 Å². The van der Waals surface area contributed by atoms with Crippen LogP contribution in [-0.2, 0) is 38.0 Å². The molecule has 4 aliphatic heterocycles. The minimum Gasteiger partial charge on any atom is -0.458 e. The van der Waals surface area contributed by atoms with Crippen LogP contribution in [0.3, 0.4) is 0 Å². The van der Waals surface area contributed by atoms with Crippen molar-refractivity contribution < 1.29 is 47.9 Å². The fraction of sp³-hybridized carbons (Fsp3) is 0.714. The van der Waals surface area contributed by atoms with Crippen LogP contribution in [0, 0.1) is 29.6 Å². The molecule has 0 aromatic carbocycles. The predicted molar refractivity (Wildman–Crippen MR) is 172 cm³/mol. The highest BCUT2D eigenvalue weighted by molar-refractivity contribution is 6.22. The third kappa shape index (κ3) is 8.07. The summed E-state index contributed by atoms with van der Waals surface area (Å²) in [5.41, 5.74) is -0.0797. The number of carbonyl (C=O) groups is 2. The van der Waals surface area contributed by atoms with Crippen LogP contribution in [0.5, 0.6) is 0 Å². The number of halogens is 1. The van der Waals surface area contributed by atoms with Crippen LogP contribution in [0.2, 0.25) is 0 Å². The second kappa shape index (κ2) is 14.6. The molecule has 0 aromatic heterocycles. The first-order valence-electron chi connectivity index (χ1n) is 16.4. The number of hydrogen-bond acceptors (Lipinski definition) is 10. The number of rotatable bonds is 6. The van der Waals surface area contributed by atoms with Gasteiger partial charge in [0.25, 0.3) is 0 Å². The van der Waals surface area contributed by atoms with Crippen LogP contribution >= 0.6 is 11.6 Å². The van der Waals surface area contributed by atoms with Crippen molar-refractivity contribution in [2.24, 2.45) is 17.8 Å². The summed E-state index contributed by atoms with van der Waals surface area (Å²) in [5.74, 6) is 3.34. The lowest BCUT2D eigenvalue weighted by Gasteiger charge is -2.51. The molecule has 3 saturated heterocycles. The molecule has 2 unspecified atom stereocenters. The molecule has 1 amide bonds. The Bertz CT molecular complexity index is 1320. The molecule has 5 aliphatic rings. The third-order valence-electron chi connectivity index (χ3n) is 9.96. The van der Waals surface area contributed by atoms with E-state index in [2.05, 4.69) is 17.2 Å². The number of alkyl carbamates (subject to hydrolysis) is 1. The second-order valence-corrected chi connectivity index (χ2v) is 14.3. The van der Waals surface area contributed by atoms with Crippen molar-refractivity contribution in [3.63, 3.8) is 0 Å². The Hall–Kier alpha value is -2.43. The maximum atomic E-state index is 13.4. The van der Waals surface area contributed by atoms with Gasteiger partial charge in [-0.1, -0.05) is 49.5 Å². The van der Waals surface area contributed by atoms with Gasteiger partial charge in [0.15, 0.2) is 17.7 Å². The maximum Gasteiger partial charge on any atom is 0.408 e. The average molecular weight is 678 g/mol. The number of carbonyl (C=O) groups excluding carboxylic acids is 2. The van der Waals surface area contributed by atoms with E-state index in [1.165, 1.54) is 7.11 Å². The largest absolute Gasteiger partial charge is 0.458 e. The van der Waals surface area contributed by atoms with Crippen molar-refractivity contribution in [1.29, 1.82) is 0 Å². The summed E-state index contributed by atoms with van der Waals surface area (Å²) in [6.07, 6.45) is 5.17. The minimum atomic E-state index is -1.90. The van der Waals surface area contributed by atoms with Gasteiger partial charge >= 0.3 is 12.1 Å². The summed E-state index contributed by atoms with van der Waals surface area (Å²) in [6.45, 7) is 9.57. The van der Waals surface area contributed by atoms with Gasteiger partial charge in [0.05, 0.1) is 30.8 Å². The van der Waals surface area contributed by atoms with Gasteiger partial charge in [-0.3, -0.25) is 4.79 Å². The van der Waals surface area contributed by atoms with E-state index >= 15 is 0 Å². The number of hydrogen-bond donors (Lipinski definition) is 2. The lowest BCUT2D eigenvalue weighted by atomic mass is 9.79. The monoisotopic (exact) mass is 677 g/mol. The number of cyclic esters (lactones) is 1. The Kier molecular flexibility index (Phi) is 11.1. The number of alkyl halides is 1. The highest BCUT2D eigenvalue weighted by Gasteiger charge is 2.61.